The van der Waals surface area contributed by atoms with Gasteiger partial charge in [0, 0.05) is 18.8 Å². The third kappa shape index (κ3) is 5.43. The van der Waals surface area contributed by atoms with Crippen molar-refractivity contribution in [2.75, 3.05) is 5.32 Å². The van der Waals surface area contributed by atoms with Crippen molar-refractivity contribution in [2.45, 2.75) is 45.3 Å². The van der Waals surface area contributed by atoms with Gasteiger partial charge in [-0.2, -0.15) is 0 Å². The molecule has 1 aliphatic carbocycles. The fraction of sp³-hybridized carbons (Fsp3) is 0.346. The molecule has 1 saturated carbocycles. The standard InChI is InChI=1S/C26H27FN8O3/c1-15-22(38-17-7-5-6-16(12-17)25(36)37)14-29-24(31-15)23-21(35(2)34-33-23)13-30-26-28-11-10-20(32-26)18-8-3-4-9-19(18)27/h3-4,8-11,14,16-17H,5-7,12-13H2,1-2H3,(H,36,37)(H,28,30,32). The second-order valence-electron chi connectivity index (χ2n) is 9.19. The van der Waals surface area contributed by atoms with E-state index in [-0.39, 0.29) is 24.4 Å². The Balaban J connectivity index is 1.31. The number of hydrogen-bond donors (Lipinski definition) is 2. The summed E-state index contributed by atoms with van der Waals surface area (Å²) in [5.74, 6) is -0.305. The molecule has 2 N–H and O–H groups in total. The lowest BCUT2D eigenvalue weighted by Gasteiger charge is -2.27. The van der Waals surface area contributed by atoms with Crippen molar-refractivity contribution < 1.29 is 19.0 Å². The maximum Gasteiger partial charge on any atom is 0.306 e. The predicted octanol–water partition coefficient (Wildman–Crippen LogP) is 3.81. The molecule has 2 atom stereocenters. The van der Waals surface area contributed by atoms with Crippen LogP contribution in [0.5, 0.6) is 5.75 Å². The molecule has 0 saturated heterocycles. The molecule has 38 heavy (non-hydrogen) atoms. The molecule has 11 nitrogen and oxygen atoms in total. The Morgan fingerprint density at radius 3 is 2.84 bits per heavy atom. The number of hydrogen-bond acceptors (Lipinski definition) is 9. The monoisotopic (exact) mass is 518 g/mol. The SMILES string of the molecule is Cc1nc(-c2nnn(C)c2CNc2nccc(-c3ccccc3F)n2)ncc1OC1CCCC(C(=O)O)C1. The Hall–Kier alpha value is -4.48. The van der Waals surface area contributed by atoms with Crippen LogP contribution >= 0.6 is 0 Å². The minimum Gasteiger partial charge on any atom is -0.487 e. The van der Waals surface area contributed by atoms with E-state index in [1.165, 1.54) is 6.07 Å². The normalized spacial score (nSPS) is 17.2. The molecule has 2 unspecified atom stereocenters. The van der Waals surface area contributed by atoms with Gasteiger partial charge >= 0.3 is 5.97 Å². The van der Waals surface area contributed by atoms with Crippen LogP contribution in [-0.2, 0) is 18.4 Å². The minimum atomic E-state index is -0.783. The summed E-state index contributed by atoms with van der Waals surface area (Å²) in [5.41, 5.74) is 2.67. The largest absolute Gasteiger partial charge is 0.487 e. The Morgan fingerprint density at radius 2 is 2.05 bits per heavy atom. The van der Waals surface area contributed by atoms with E-state index in [2.05, 4.69) is 35.6 Å². The quantitative estimate of drug-likeness (QED) is 0.354. The van der Waals surface area contributed by atoms with Gasteiger partial charge in [0.05, 0.1) is 41.8 Å². The van der Waals surface area contributed by atoms with E-state index < -0.39 is 5.97 Å². The number of benzene rings is 1. The minimum absolute atomic E-state index is 0.186. The highest BCUT2D eigenvalue weighted by atomic mass is 19.1. The lowest BCUT2D eigenvalue weighted by atomic mass is 9.87. The number of carboxylic acids is 1. The number of ether oxygens (including phenoxy) is 1. The summed E-state index contributed by atoms with van der Waals surface area (Å²) < 4.78 is 21.9. The summed E-state index contributed by atoms with van der Waals surface area (Å²) >= 11 is 0. The number of halogens is 1. The molecule has 12 heteroatoms. The Kier molecular flexibility index (Phi) is 7.20. The van der Waals surface area contributed by atoms with Crippen LogP contribution in [0.15, 0.2) is 42.7 Å². The molecule has 0 amide bonds. The fourth-order valence-corrected chi connectivity index (χ4v) is 4.52. The molecule has 5 rings (SSSR count). The molecule has 0 bridgehead atoms. The molecule has 3 heterocycles. The van der Waals surface area contributed by atoms with Gasteiger partial charge in [0.25, 0.3) is 0 Å². The highest BCUT2D eigenvalue weighted by molar-refractivity contribution is 5.70. The first kappa shape index (κ1) is 25.2. The van der Waals surface area contributed by atoms with Crippen molar-refractivity contribution >= 4 is 11.9 Å². The van der Waals surface area contributed by atoms with Crippen LogP contribution in [0.2, 0.25) is 0 Å². The Labute approximate surface area is 218 Å². The van der Waals surface area contributed by atoms with Crippen LogP contribution in [0.25, 0.3) is 22.8 Å². The third-order valence-electron chi connectivity index (χ3n) is 6.58. The van der Waals surface area contributed by atoms with Gasteiger partial charge in [-0.15, -0.1) is 5.10 Å². The van der Waals surface area contributed by atoms with Crippen molar-refractivity contribution in [1.82, 2.24) is 34.9 Å². The molecule has 4 aromatic rings. The van der Waals surface area contributed by atoms with Crippen molar-refractivity contribution in [3.63, 3.8) is 0 Å². The summed E-state index contributed by atoms with van der Waals surface area (Å²) in [5, 5.41) is 20.8. The van der Waals surface area contributed by atoms with Crippen LogP contribution in [0.4, 0.5) is 10.3 Å². The van der Waals surface area contributed by atoms with Crippen molar-refractivity contribution in [3.05, 3.63) is 59.9 Å². The second kappa shape index (κ2) is 10.9. The van der Waals surface area contributed by atoms with E-state index in [9.17, 15) is 14.3 Å². The number of rotatable bonds is 8. The molecular weight excluding hydrogens is 491 g/mol. The number of nitrogens with one attached hydrogen (secondary N) is 1. The van der Waals surface area contributed by atoms with Gasteiger partial charge in [0.2, 0.25) is 5.95 Å². The highest BCUT2D eigenvalue weighted by Crippen LogP contribution is 2.30. The lowest BCUT2D eigenvalue weighted by molar-refractivity contribution is -0.143. The van der Waals surface area contributed by atoms with Crippen molar-refractivity contribution in [2.24, 2.45) is 13.0 Å². The highest BCUT2D eigenvalue weighted by Gasteiger charge is 2.28. The number of nitrogens with zero attached hydrogens (tertiary/aromatic N) is 7. The zero-order valence-electron chi connectivity index (χ0n) is 21.0. The summed E-state index contributed by atoms with van der Waals surface area (Å²) in [7, 11) is 1.76. The summed E-state index contributed by atoms with van der Waals surface area (Å²) in [6.07, 6.45) is 5.72. The van der Waals surface area contributed by atoms with E-state index in [0.717, 1.165) is 12.8 Å². The number of aliphatic carboxylic acids is 1. The first-order valence-corrected chi connectivity index (χ1v) is 12.3. The van der Waals surface area contributed by atoms with Crippen LogP contribution in [-0.4, -0.2) is 52.1 Å². The maximum atomic E-state index is 14.2. The van der Waals surface area contributed by atoms with Gasteiger partial charge in [-0.1, -0.05) is 17.3 Å². The Bertz CT molecular complexity index is 1460. The van der Waals surface area contributed by atoms with Gasteiger partial charge in [-0.3, -0.25) is 4.79 Å². The number of aryl methyl sites for hydroxylation is 2. The van der Waals surface area contributed by atoms with Gasteiger partial charge in [-0.25, -0.2) is 29.0 Å². The molecule has 0 spiro atoms. The smallest absolute Gasteiger partial charge is 0.306 e. The summed E-state index contributed by atoms with van der Waals surface area (Å²) in [4.78, 5) is 29.1. The maximum absolute atomic E-state index is 14.2. The summed E-state index contributed by atoms with van der Waals surface area (Å²) in [6.45, 7) is 2.09. The Morgan fingerprint density at radius 1 is 1.21 bits per heavy atom. The molecular formula is C26H27FN8O3. The van der Waals surface area contributed by atoms with Crippen molar-refractivity contribution in [1.29, 1.82) is 0 Å². The van der Waals surface area contributed by atoms with Gasteiger partial charge in [0.1, 0.15) is 5.82 Å². The van der Waals surface area contributed by atoms with Gasteiger partial charge in [0.15, 0.2) is 17.3 Å². The molecule has 1 aromatic carbocycles. The molecule has 1 aliphatic rings. The predicted molar refractivity (Wildman–Crippen MR) is 136 cm³/mol. The number of carboxylic acid groups (broad SMARTS) is 1. The van der Waals surface area contributed by atoms with E-state index in [1.807, 2.05) is 6.92 Å². The topological polar surface area (TPSA) is 141 Å². The number of aromatic nitrogens is 7. The van der Waals surface area contributed by atoms with Gasteiger partial charge in [-0.05, 0) is 50.8 Å². The van der Waals surface area contributed by atoms with Crippen LogP contribution in [0, 0.1) is 18.7 Å². The fourth-order valence-electron chi connectivity index (χ4n) is 4.52. The van der Waals surface area contributed by atoms with E-state index >= 15 is 0 Å². The lowest BCUT2D eigenvalue weighted by Crippen LogP contribution is -2.29. The van der Waals surface area contributed by atoms with E-state index in [1.54, 1.807) is 48.4 Å². The van der Waals surface area contributed by atoms with Crippen LogP contribution < -0.4 is 10.1 Å². The first-order valence-electron chi connectivity index (χ1n) is 12.3. The van der Waals surface area contributed by atoms with Crippen LogP contribution in [0.1, 0.15) is 37.1 Å². The molecule has 0 radical (unpaired) electrons. The molecule has 3 aromatic heterocycles. The van der Waals surface area contributed by atoms with E-state index in [0.29, 0.717) is 58.7 Å². The number of anilines is 1. The third-order valence-corrected chi connectivity index (χ3v) is 6.58. The van der Waals surface area contributed by atoms with Crippen molar-refractivity contribution in [3.8, 4) is 28.5 Å². The molecule has 1 fully saturated rings. The molecule has 196 valence electrons. The number of carbonyl (C=O) groups is 1. The average molecular weight is 519 g/mol. The zero-order valence-corrected chi connectivity index (χ0v) is 21.0. The summed E-state index contributed by atoms with van der Waals surface area (Å²) in [6, 6.07) is 8.08. The average Bonchev–Trinajstić information content (AvgIpc) is 3.29. The second-order valence-corrected chi connectivity index (χ2v) is 9.19. The zero-order chi connectivity index (χ0) is 26.6. The van der Waals surface area contributed by atoms with E-state index in [4.69, 9.17) is 4.74 Å². The van der Waals surface area contributed by atoms with Gasteiger partial charge < -0.3 is 15.2 Å². The van der Waals surface area contributed by atoms with Crippen LogP contribution in [0.3, 0.4) is 0 Å². The molecule has 0 aliphatic heterocycles. The first-order chi connectivity index (χ1) is 18.4.